The minimum Gasteiger partial charge on any atom is -0.356 e. The number of aryl methyl sites for hydroxylation is 1. The van der Waals surface area contributed by atoms with Gasteiger partial charge in [0, 0.05) is 30.3 Å². The van der Waals surface area contributed by atoms with Gasteiger partial charge in [-0.05, 0) is 18.4 Å². The van der Waals surface area contributed by atoms with Gasteiger partial charge in [0.05, 0.1) is 5.69 Å². The third-order valence-electron chi connectivity index (χ3n) is 3.83. The fourth-order valence-electron chi connectivity index (χ4n) is 2.61. The predicted octanol–water partition coefficient (Wildman–Crippen LogP) is 3.47. The number of fused-ring (bicyclic) bond motifs is 1. The molecule has 126 valence electrons. The first-order valence-corrected chi connectivity index (χ1v) is 9.08. The van der Waals surface area contributed by atoms with Crippen LogP contribution in [0.3, 0.4) is 0 Å². The van der Waals surface area contributed by atoms with E-state index < -0.39 is 0 Å². The van der Waals surface area contributed by atoms with Crippen molar-refractivity contribution >= 4 is 22.2 Å². The van der Waals surface area contributed by atoms with Crippen molar-refractivity contribution in [1.82, 2.24) is 19.9 Å². The molecule has 0 atom stereocenters. The van der Waals surface area contributed by atoms with Crippen LogP contribution in [0.4, 0.5) is 0 Å². The average molecular weight is 342 g/mol. The number of benzene rings is 1. The van der Waals surface area contributed by atoms with Crippen LogP contribution in [-0.4, -0.2) is 27.0 Å². The SMILES string of the molecule is Cc1ccccc1-c1nc2scc(CCNC(=O)CC(C)C)n2n1. The van der Waals surface area contributed by atoms with Gasteiger partial charge in [-0.1, -0.05) is 38.1 Å². The van der Waals surface area contributed by atoms with E-state index in [2.05, 4.69) is 33.8 Å². The summed E-state index contributed by atoms with van der Waals surface area (Å²) in [4.78, 5) is 17.2. The second kappa shape index (κ2) is 7.13. The van der Waals surface area contributed by atoms with E-state index in [4.69, 9.17) is 0 Å². The fraction of sp³-hybridized carbons (Fsp3) is 0.389. The summed E-state index contributed by atoms with van der Waals surface area (Å²) in [6, 6.07) is 8.13. The Morgan fingerprint density at radius 2 is 2.12 bits per heavy atom. The smallest absolute Gasteiger partial charge is 0.220 e. The van der Waals surface area contributed by atoms with E-state index >= 15 is 0 Å². The summed E-state index contributed by atoms with van der Waals surface area (Å²) in [5.74, 6) is 1.24. The molecule has 3 aromatic rings. The molecular weight excluding hydrogens is 320 g/mol. The maximum Gasteiger partial charge on any atom is 0.220 e. The van der Waals surface area contributed by atoms with Gasteiger partial charge in [0.2, 0.25) is 10.9 Å². The van der Waals surface area contributed by atoms with E-state index in [0.717, 1.165) is 28.5 Å². The number of thiazole rings is 1. The molecule has 1 N–H and O–H groups in total. The van der Waals surface area contributed by atoms with Crippen LogP contribution < -0.4 is 5.32 Å². The van der Waals surface area contributed by atoms with Crippen LogP contribution in [0.5, 0.6) is 0 Å². The molecule has 0 fully saturated rings. The van der Waals surface area contributed by atoms with Crippen LogP contribution in [0, 0.1) is 12.8 Å². The lowest BCUT2D eigenvalue weighted by Crippen LogP contribution is -2.26. The fourth-order valence-corrected chi connectivity index (χ4v) is 3.46. The van der Waals surface area contributed by atoms with Crippen LogP contribution >= 0.6 is 11.3 Å². The number of carbonyl (C=O) groups is 1. The van der Waals surface area contributed by atoms with Crippen molar-refractivity contribution in [3.05, 3.63) is 40.9 Å². The molecule has 1 aromatic carbocycles. The number of hydrogen-bond donors (Lipinski definition) is 1. The molecule has 24 heavy (non-hydrogen) atoms. The quantitative estimate of drug-likeness (QED) is 0.746. The van der Waals surface area contributed by atoms with Crippen molar-refractivity contribution in [2.75, 3.05) is 6.54 Å². The molecule has 1 amide bonds. The van der Waals surface area contributed by atoms with Gasteiger partial charge in [0.15, 0.2) is 5.82 Å². The number of carbonyl (C=O) groups excluding carboxylic acids is 1. The Morgan fingerprint density at radius 3 is 2.88 bits per heavy atom. The zero-order valence-electron chi connectivity index (χ0n) is 14.2. The molecule has 0 spiro atoms. The molecule has 2 aromatic heterocycles. The lowest BCUT2D eigenvalue weighted by atomic mass is 10.1. The second-order valence-electron chi connectivity index (χ2n) is 6.37. The molecule has 6 heteroatoms. The van der Waals surface area contributed by atoms with Crippen LogP contribution in [0.15, 0.2) is 29.6 Å². The van der Waals surface area contributed by atoms with Gasteiger partial charge in [-0.15, -0.1) is 16.4 Å². The number of nitrogens with zero attached hydrogens (tertiary/aromatic N) is 3. The Balaban J connectivity index is 1.72. The van der Waals surface area contributed by atoms with E-state index in [-0.39, 0.29) is 5.91 Å². The molecule has 0 aliphatic heterocycles. The monoisotopic (exact) mass is 342 g/mol. The highest BCUT2D eigenvalue weighted by Crippen LogP contribution is 2.23. The first kappa shape index (κ1) is 16.6. The Kier molecular flexibility index (Phi) is 4.94. The van der Waals surface area contributed by atoms with Crippen molar-refractivity contribution in [2.24, 2.45) is 5.92 Å². The highest BCUT2D eigenvalue weighted by molar-refractivity contribution is 7.15. The second-order valence-corrected chi connectivity index (χ2v) is 7.21. The molecule has 0 aliphatic carbocycles. The van der Waals surface area contributed by atoms with Gasteiger partial charge in [-0.3, -0.25) is 4.79 Å². The van der Waals surface area contributed by atoms with Crippen molar-refractivity contribution in [3.8, 4) is 11.4 Å². The van der Waals surface area contributed by atoms with E-state index in [1.54, 1.807) is 11.3 Å². The van der Waals surface area contributed by atoms with Crippen molar-refractivity contribution < 1.29 is 4.79 Å². The third kappa shape index (κ3) is 3.64. The molecule has 0 radical (unpaired) electrons. The summed E-state index contributed by atoms with van der Waals surface area (Å²) >= 11 is 1.58. The zero-order chi connectivity index (χ0) is 17.1. The molecule has 5 nitrogen and oxygen atoms in total. The van der Waals surface area contributed by atoms with Crippen LogP contribution in [-0.2, 0) is 11.2 Å². The van der Waals surface area contributed by atoms with Crippen molar-refractivity contribution in [3.63, 3.8) is 0 Å². The largest absolute Gasteiger partial charge is 0.356 e. The molecule has 0 saturated carbocycles. The summed E-state index contributed by atoms with van der Waals surface area (Å²) in [6.07, 6.45) is 1.32. The molecule has 2 heterocycles. The summed E-state index contributed by atoms with van der Waals surface area (Å²) in [6.45, 7) is 6.78. The summed E-state index contributed by atoms with van der Waals surface area (Å²) < 4.78 is 1.89. The Hall–Kier alpha value is -2.21. The Morgan fingerprint density at radius 1 is 1.33 bits per heavy atom. The van der Waals surface area contributed by atoms with E-state index in [0.29, 0.717) is 18.9 Å². The Bertz CT molecular complexity index is 850. The lowest BCUT2D eigenvalue weighted by molar-refractivity contribution is -0.121. The topological polar surface area (TPSA) is 59.3 Å². The van der Waals surface area contributed by atoms with E-state index in [1.165, 1.54) is 5.56 Å². The van der Waals surface area contributed by atoms with Crippen LogP contribution in [0.1, 0.15) is 31.5 Å². The van der Waals surface area contributed by atoms with Crippen LogP contribution in [0.2, 0.25) is 0 Å². The van der Waals surface area contributed by atoms with Gasteiger partial charge in [0.1, 0.15) is 0 Å². The summed E-state index contributed by atoms with van der Waals surface area (Å²) in [7, 11) is 0. The molecule has 0 bridgehead atoms. The van der Waals surface area contributed by atoms with Gasteiger partial charge in [-0.2, -0.15) is 4.98 Å². The highest BCUT2D eigenvalue weighted by atomic mass is 32.1. The molecule has 3 rings (SSSR count). The summed E-state index contributed by atoms with van der Waals surface area (Å²) in [5.41, 5.74) is 3.30. The van der Waals surface area contributed by atoms with Gasteiger partial charge >= 0.3 is 0 Å². The maximum absolute atomic E-state index is 11.7. The van der Waals surface area contributed by atoms with Gasteiger partial charge in [0.25, 0.3) is 0 Å². The van der Waals surface area contributed by atoms with Gasteiger partial charge < -0.3 is 5.32 Å². The summed E-state index contributed by atoms with van der Waals surface area (Å²) in [5, 5.41) is 9.68. The number of aromatic nitrogens is 3. The van der Waals surface area contributed by atoms with Crippen molar-refractivity contribution in [2.45, 2.75) is 33.6 Å². The van der Waals surface area contributed by atoms with E-state index in [1.807, 2.05) is 36.6 Å². The van der Waals surface area contributed by atoms with Crippen molar-refractivity contribution in [1.29, 1.82) is 0 Å². The van der Waals surface area contributed by atoms with E-state index in [9.17, 15) is 4.79 Å². The Labute approximate surface area is 145 Å². The number of rotatable bonds is 6. The minimum absolute atomic E-state index is 0.107. The standard InChI is InChI=1S/C18H22N4OS/c1-12(2)10-16(23)19-9-8-14-11-24-18-20-17(21-22(14)18)15-7-5-4-6-13(15)3/h4-7,11-12H,8-10H2,1-3H3,(H,19,23). The van der Waals surface area contributed by atoms with Gasteiger partial charge in [-0.25, -0.2) is 4.52 Å². The highest BCUT2D eigenvalue weighted by Gasteiger charge is 2.13. The molecular formula is C18H22N4OS. The molecule has 0 saturated heterocycles. The average Bonchev–Trinajstić information content (AvgIpc) is 3.08. The number of hydrogen-bond acceptors (Lipinski definition) is 4. The first-order valence-electron chi connectivity index (χ1n) is 8.20. The minimum atomic E-state index is 0.107. The maximum atomic E-state index is 11.7. The number of amides is 1. The lowest BCUT2D eigenvalue weighted by Gasteiger charge is -2.06. The normalized spacial score (nSPS) is 11.3. The molecule has 0 aliphatic rings. The number of nitrogens with one attached hydrogen (secondary N) is 1. The third-order valence-corrected chi connectivity index (χ3v) is 4.70. The predicted molar refractivity (Wildman–Crippen MR) is 97.2 cm³/mol. The molecule has 0 unspecified atom stereocenters. The zero-order valence-corrected chi connectivity index (χ0v) is 15.1. The first-order chi connectivity index (χ1) is 11.5. The van der Waals surface area contributed by atoms with Crippen LogP contribution in [0.25, 0.3) is 16.3 Å².